The summed E-state index contributed by atoms with van der Waals surface area (Å²) in [7, 11) is 0. The summed E-state index contributed by atoms with van der Waals surface area (Å²) in [6.45, 7) is 10.8. The molecule has 1 aromatic heterocycles. The molecule has 3 rings (SSSR count). The molecule has 1 saturated heterocycles. The predicted molar refractivity (Wildman–Crippen MR) is 111 cm³/mol. The lowest BCUT2D eigenvalue weighted by Gasteiger charge is -2.34. The van der Waals surface area contributed by atoms with Crippen LogP contribution >= 0.6 is 33.9 Å². The number of hydrogen-bond donors (Lipinski definition) is 0. The summed E-state index contributed by atoms with van der Waals surface area (Å²) in [6, 6.07) is 7.80. The second-order valence-corrected chi connectivity index (χ2v) is 9.53. The zero-order valence-electron chi connectivity index (χ0n) is 15.0. The summed E-state index contributed by atoms with van der Waals surface area (Å²) in [5.41, 5.74) is 2.08. The number of thiazole rings is 1. The number of halogens is 1. The number of hydrogen-bond acceptors (Lipinski definition) is 4. The molecule has 0 N–H and O–H groups in total. The van der Waals surface area contributed by atoms with Crippen molar-refractivity contribution >= 4 is 39.8 Å². The Labute approximate surface area is 167 Å². The molecule has 1 amide bonds. The zero-order valence-corrected chi connectivity index (χ0v) is 17.9. The number of piperazine rings is 1. The topological polar surface area (TPSA) is 36.4 Å². The molecule has 1 aliphatic heterocycles. The van der Waals surface area contributed by atoms with Gasteiger partial charge in [0.05, 0.1) is 17.8 Å². The Hall–Kier alpha value is -0.990. The van der Waals surface area contributed by atoms with E-state index in [-0.39, 0.29) is 11.3 Å². The number of carbonyl (C=O) groups is 1. The summed E-state index contributed by atoms with van der Waals surface area (Å²) >= 11 is 3.98. The number of nitrogens with zero attached hydrogens (tertiary/aromatic N) is 3. The lowest BCUT2D eigenvalue weighted by atomic mass is 9.93. The highest BCUT2D eigenvalue weighted by Crippen LogP contribution is 2.25. The van der Waals surface area contributed by atoms with E-state index >= 15 is 0 Å². The average Bonchev–Trinajstić information content (AvgIpc) is 3.04. The summed E-state index contributed by atoms with van der Waals surface area (Å²) in [4.78, 5) is 21.8. The van der Waals surface area contributed by atoms with Crippen molar-refractivity contribution in [3.63, 3.8) is 0 Å². The van der Waals surface area contributed by atoms with E-state index in [0.29, 0.717) is 0 Å². The first-order valence-corrected chi connectivity index (χ1v) is 10.5. The standard InChI is InChI=1S/C19H24IN3OS/c1-19(2,3)16-13-25-17(21-16)12-22-8-10-23(11-9-22)18(24)14-6-4-5-7-15(14)20/h4-7,13H,8-12H2,1-3H3. The van der Waals surface area contributed by atoms with E-state index in [9.17, 15) is 4.79 Å². The van der Waals surface area contributed by atoms with Gasteiger partial charge in [-0.25, -0.2) is 4.98 Å². The van der Waals surface area contributed by atoms with Gasteiger partial charge in [0.2, 0.25) is 0 Å². The van der Waals surface area contributed by atoms with Gasteiger partial charge in [0, 0.05) is 40.5 Å². The summed E-state index contributed by atoms with van der Waals surface area (Å²) in [5.74, 6) is 0.147. The highest BCUT2D eigenvalue weighted by atomic mass is 127. The first-order chi connectivity index (χ1) is 11.8. The zero-order chi connectivity index (χ0) is 18.0. The van der Waals surface area contributed by atoms with E-state index < -0.39 is 0 Å². The second kappa shape index (κ2) is 7.72. The molecule has 134 valence electrons. The predicted octanol–water partition coefficient (Wildman–Crippen LogP) is 4.00. The van der Waals surface area contributed by atoms with Crippen molar-refractivity contribution in [1.82, 2.24) is 14.8 Å². The molecule has 4 nitrogen and oxygen atoms in total. The Bertz CT molecular complexity index is 745. The van der Waals surface area contributed by atoms with E-state index in [4.69, 9.17) is 4.98 Å². The molecule has 6 heteroatoms. The first-order valence-electron chi connectivity index (χ1n) is 8.55. The minimum atomic E-state index is 0.104. The first kappa shape index (κ1) is 18.8. The molecule has 1 aliphatic rings. The van der Waals surface area contributed by atoms with Crippen molar-refractivity contribution in [1.29, 1.82) is 0 Å². The van der Waals surface area contributed by atoms with Crippen LogP contribution in [0.5, 0.6) is 0 Å². The quantitative estimate of drug-likeness (QED) is 0.638. The SMILES string of the molecule is CC(C)(C)c1csc(CN2CCN(C(=O)c3ccccc3I)CC2)n1. The van der Waals surface area contributed by atoms with Crippen LogP contribution in [0.25, 0.3) is 0 Å². The van der Waals surface area contributed by atoms with Crippen LogP contribution in [0.4, 0.5) is 0 Å². The number of aromatic nitrogens is 1. The Morgan fingerprint density at radius 1 is 1.20 bits per heavy atom. The van der Waals surface area contributed by atoms with Crippen molar-refractivity contribution in [2.24, 2.45) is 0 Å². The maximum absolute atomic E-state index is 12.7. The monoisotopic (exact) mass is 469 g/mol. The van der Waals surface area contributed by atoms with Crippen LogP contribution < -0.4 is 0 Å². The summed E-state index contributed by atoms with van der Waals surface area (Å²) in [5, 5.41) is 3.34. The Kier molecular flexibility index (Phi) is 5.80. The van der Waals surface area contributed by atoms with E-state index in [1.54, 1.807) is 11.3 Å². The number of rotatable bonds is 3. The third kappa shape index (κ3) is 4.60. The molecule has 1 aromatic carbocycles. The Balaban J connectivity index is 1.56. The van der Waals surface area contributed by atoms with Crippen molar-refractivity contribution < 1.29 is 4.79 Å². The molecule has 0 spiro atoms. The van der Waals surface area contributed by atoms with E-state index in [2.05, 4.69) is 53.6 Å². The molecule has 0 saturated carbocycles. The van der Waals surface area contributed by atoms with Gasteiger partial charge in [-0.3, -0.25) is 9.69 Å². The third-order valence-electron chi connectivity index (χ3n) is 4.44. The number of benzene rings is 1. The highest BCUT2D eigenvalue weighted by Gasteiger charge is 2.24. The molecule has 0 aliphatic carbocycles. The largest absolute Gasteiger partial charge is 0.336 e. The molecular weight excluding hydrogens is 445 g/mol. The van der Waals surface area contributed by atoms with Crippen molar-refractivity contribution in [3.8, 4) is 0 Å². The fourth-order valence-corrected chi connectivity index (χ4v) is 4.51. The Morgan fingerprint density at radius 2 is 1.88 bits per heavy atom. The van der Waals surface area contributed by atoms with Gasteiger partial charge in [-0.15, -0.1) is 11.3 Å². The summed E-state index contributed by atoms with van der Waals surface area (Å²) in [6.07, 6.45) is 0. The van der Waals surface area contributed by atoms with Crippen molar-refractivity contribution in [2.45, 2.75) is 32.7 Å². The van der Waals surface area contributed by atoms with Gasteiger partial charge in [-0.2, -0.15) is 0 Å². The van der Waals surface area contributed by atoms with Gasteiger partial charge < -0.3 is 4.90 Å². The van der Waals surface area contributed by atoms with Crippen LogP contribution in [-0.2, 0) is 12.0 Å². The van der Waals surface area contributed by atoms with Crippen LogP contribution in [0.1, 0.15) is 41.8 Å². The third-order valence-corrected chi connectivity index (χ3v) is 6.22. The van der Waals surface area contributed by atoms with Gasteiger partial charge in [-0.1, -0.05) is 32.9 Å². The average molecular weight is 469 g/mol. The fraction of sp³-hybridized carbons (Fsp3) is 0.474. The summed E-state index contributed by atoms with van der Waals surface area (Å²) < 4.78 is 1.02. The maximum atomic E-state index is 12.7. The van der Waals surface area contributed by atoms with Crippen molar-refractivity contribution in [2.75, 3.05) is 26.2 Å². The minimum absolute atomic E-state index is 0.104. The lowest BCUT2D eigenvalue weighted by molar-refractivity contribution is 0.0627. The molecule has 2 aromatic rings. The van der Waals surface area contributed by atoms with E-state index in [1.165, 1.54) is 10.7 Å². The van der Waals surface area contributed by atoms with Gasteiger partial charge in [0.15, 0.2) is 0 Å². The van der Waals surface area contributed by atoms with Gasteiger partial charge in [0.25, 0.3) is 5.91 Å². The van der Waals surface area contributed by atoms with E-state index in [0.717, 1.165) is 41.9 Å². The molecule has 0 atom stereocenters. The van der Waals surface area contributed by atoms with Crippen LogP contribution in [-0.4, -0.2) is 46.9 Å². The molecule has 0 unspecified atom stereocenters. The molecule has 25 heavy (non-hydrogen) atoms. The van der Waals surface area contributed by atoms with Crippen molar-refractivity contribution in [3.05, 3.63) is 49.5 Å². The molecule has 2 heterocycles. The van der Waals surface area contributed by atoms with Crippen LogP contribution in [0.2, 0.25) is 0 Å². The van der Waals surface area contributed by atoms with Gasteiger partial charge >= 0.3 is 0 Å². The Morgan fingerprint density at radius 3 is 2.48 bits per heavy atom. The lowest BCUT2D eigenvalue weighted by Crippen LogP contribution is -2.48. The second-order valence-electron chi connectivity index (χ2n) is 7.42. The number of amides is 1. The van der Waals surface area contributed by atoms with Crippen LogP contribution in [0.15, 0.2) is 29.6 Å². The molecule has 1 fully saturated rings. The number of carbonyl (C=O) groups excluding carboxylic acids is 1. The molecular formula is C19H24IN3OS. The van der Waals surface area contributed by atoms with Gasteiger partial charge in [-0.05, 0) is 34.7 Å². The van der Waals surface area contributed by atoms with Crippen LogP contribution in [0.3, 0.4) is 0 Å². The molecule has 0 radical (unpaired) electrons. The minimum Gasteiger partial charge on any atom is -0.336 e. The van der Waals surface area contributed by atoms with Gasteiger partial charge in [0.1, 0.15) is 5.01 Å². The maximum Gasteiger partial charge on any atom is 0.255 e. The smallest absolute Gasteiger partial charge is 0.255 e. The van der Waals surface area contributed by atoms with Crippen LogP contribution in [0, 0.1) is 3.57 Å². The highest BCUT2D eigenvalue weighted by molar-refractivity contribution is 14.1. The fourth-order valence-electron chi connectivity index (χ4n) is 2.83. The molecule has 0 bridgehead atoms. The normalized spacial score (nSPS) is 16.2. The van der Waals surface area contributed by atoms with E-state index in [1.807, 2.05) is 29.2 Å².